The second-order valence-corrected chi connectivity index (χ2v) is 6.34. The van der Waals surface area contributed by atoms with Crippen LogP contribution in [-0.2, 0) is 16.0 Å². The first-order valence-corrected chi connectivity index (χ1v) is 8.19. The third-order valence-corrected chi connectivity index (χ3v) is 4.24. The summed E-state index contributed by atoms with van der Waals surface area (Å²) >= 11 is 9.30. The maximum absolute atomic E-state index is 11.9. The summed E-state index contributed by atoms with van der Waals surface area (Å²) in [5, 5.41) is 5.89. The second-order valence-electron chi connectivity index (χ2n) is 5.05. The minimum atomic E-state index is -0.296. The van der Waals surface area contributed by atoms with E-state index >= 15 is 0 Å². The Bertz CT molecular complexity index is 734. The molecular formula is C17H16BrClN2O2. The van der Waals surface area contributed by atoms with Crippen LogP contribution in [-0.4, -0.2) is 18.4 Å². The van der Waals surface area contributed by atoms with Crippen LogP contribution in [0.5, 0.6) is 0 Å². The lowest BCUT2D eigenvalue weighted by molar-refractivity contribution is -0.123. The van der Waals surface area contributed by atoms with Crippen molar-refractivity contribution in [1.29, 1.82) is 0 Å². The van der Waals surface area contributed by atoms with Gasteiger partial charge >= 0.3 is 0 Å². The molecule has 23 heavy (non-hydrogen) atoms. The summed E-state index contributed by atoms with van der Waals surface area (Å²) in [4.78, 5) is 23.8. The maximum atomic E-state index is 11.9. The van der Waals surface area contributed by atoms with E-state index < -0.39 is 0 Å². The maximum Gasteiger partial charge on any atom is 0.243 e. The molecule has 2 aromatic carbocycles. The van der Waals surface area contributed by atoms with Crippen molar-refractivity contribution in [2.45, 2.75) is 13.3 Å². The van der Waals surface area contributed by atoms with Crippen molar-refractivity contribution in [2.75, 3.05) is 11.9 Å². The predicted octanol–water partition coefficient (Wildman–Crippen LogP) is 3.71. The lowest BCUT2D eigenvalue weighted by atomic mass is 10.1. The zero-order valence-electron chi connectivity index (χ0n) is 12.5. The molecule has 0 bridgehead atoms. The summed E-state index contributed by atoms with van der Waals surface area (Å²) < 4.78 is 0.870. The van der Waals surface area contributed by atoms with Gasteiger partial charge in [0.2, 0.25) is 11.8 Å². The van der Waals surface area contributed by atoms with Gasteiger partial charge in [0.15, 0.2) is 0 Å². The van der Waals surface area contributed by atoms with Gasteiger partial charge in [0.1, 0.15) is 0 Å². The molecule has 0 saturated carbocycles. The first kappa shape index (κ1) is 17.5. The highest BCUT2D eigenvalue weighted by atomic mass is 79.9. The molecule has 2 amide bonds. The van der Waals surface area contributed by atoms with E-state index in [2.05, 4.69) is 26.6 Å². The Morgan fingerprint density at radius 3 is 2.61 bits per heavy atom. The van der Waals surface area contributed by atoms with Gasteiger partial charge in [-0.2, -0.15) is 0 Å². The quantitative estimate of drug-likeness (QED) is 0.811. The van der Waals surface area contributed by atoms with Crippen molar-refractivity contribution in [1.82, 2.24) is 5.32 Å². The Morgan fingerprint density at radius 2 is 1.87 bits per heavy atom. The van der Waals surface area contributed by atoms with E-state index in [9.17, 15) is 9.59 Å². The van der Waals surface area contributed by atoms with E-state index in [1.165, 1.54) is 0 Å². The molecule has 0 spiro atoms. The fraction of sp³-hybridized carbons (Fsp3) is 0.176. The zero-order chi connectivity index (χ0) is 16.8. The van der Waals surface area contributed by atoms with Crippen LogP contribution in [0.1, 0.15) is 11.1 Å². The van der Waals surface area contributed by atoms with Gasteiger partial charge in [-0.05, 0) is 36.2 Å². The predicted molar refractivity (Wildman–Crippen MR) is 95.7 cm³/mol. The van der Waals surface area contributed by atoms with Crippen LogP contribution in [0, 0.1) is 6.92 Å². The molecule has 0 aliphatic rings. The molecule has 120 valence electrons. The van der Waals surface area contributed by atoms with Crippen LogP contribution < -0.4 is 10.6 Å². The second kappa shape index (κ2) is 8.13. The third-order valence-electron chi connectivity index (χ3n) is 3.23. The van der Waals surface area contributed by atoms with E-state index in [-0.39, 0.29) is 24.8 Å². The number of hydrogen-bond acceptors (Lipinski definition) is 2. The number of rotatable bonds is 5. The highest BCUT2D eigenvalue weighted by Gasteiger charge is 2.09. The topological polar surface area (TPSA) is 58.2 Å². The van der Waals surface area contributed by atoms with Crippen molar-refractivity contribution in [3.8, 4) is 0 Å². The molecule has 0 saturated heterocycles. The Hall–Kier alpha value is -1.85. The molecule has 0 aliphatic heterocycles. The first-order valence-electron chi connectivity index (χ1n) is 7.02. The largest absolute Gasteiger partial charge is 0.347 e. The molecule has 0 aromatic heterocycles. The Labute approximate surface area is 148 Å². The number of carbonyl (C=O) groups excluding carboxylic acids is 2. The van der Waals surface area contributed by atoms with E-state index in [1.54, 1.807) is 12.1 Å². The monoisotopic (exact) mass is 394 g/mol. The third kappa shape index (κ3) is 5.37. The van der Waals surface area contributed by atoms with Gasteiger partial charge < -0.3 is 10.6 Å². The Balaban J connectivity index is 1.85. The molecule has 2 aromatic rings. The highest BCUT2D eigenvalue weighted by Crippen LogP contribution is 2.20. The van der Waals surface area contributed by atoms with Crippen molar-refractivity contribution >= 4 is 45.0 Å². The minimum absolute atomic E-state index is 0.0881. The molecule has 6 heteroatoms. The molecule has 4 nitrogen and oxygen atoms in total. The summed E-state index contributed by atoms with van der Waals surface area (Å²) in [5.41, 5.74) is 2.42. The van der Waals surface area contributed by atoms with Gasteiger partial charge in [0.25, 0.3) is 0 Å². The van der Waals surface area contributed by atoms with Crippen molar-refractivity contribution in [3.05, 3.63) is 63.1 Å². The summed E-state index contributed by atoms with van der Waals surface area (Å²) in [6.07, 6.45) is 0.213. The molecular weight excluding hydrogens is 380 g/mol. The summed E-state index contributed by atoms with van der Waals surface area (Å²) in [5.74, 6) is -0.509. The van der Waals surface area contributed by atoms with Gasteiger partial charge in [-0.3, -0.25) is 9.59 Å². The van der Waals surface area contributed by atoms with Crippen molar-refractivity contribution in [3.63, 3.8) is 0 Å². The molecule has 0 aliphatic carbocycles. The van der Waals surface area contributed by atoms with E-state index in [1.807, 2.05) is 37.3 Å². The van der Waals surface area contributed by atoms with Crippen LogP contribution in [0.15, 0.2) is 46.9 Å². The van der Waals surface area contributed by atoms with Gasteiger partial charge in [0.05, 0.1) is 13.0 Å². The van der Waals surface area contributed by atoms with E-state index in [0.29, 0.717) is 10.7 Å². The van der Waals surface area contributed by atoms with Crippen LogP contribution in [0.3, 0.4) is 0 Å². The molecule has 0 radical (unpaired) electrons. The fourth-order valence-corrected chi connectivity index (χ4v) is 2.58. The summed E-state index contributed by atoms with van der Waals surface area (Å²) in [6, 6.07) is 12.7. The molecule has 0 unspecified atom stereocenters. The van der Waals surface area contributed by atoms with E-state index in [0.717, 1.165) is 15.6 Å². The fourth-order valence-electron chi connectivity index (χ4n) is 1.98. The number of hydrogen-bond donors (Lipinski definition) is 2. The number of benzene rings is 2. The average Bonchev–Trinajstić information content (AvgIpc) is 2.51. The van der Waals surface area contributed by atoms with Gasteiger partial charge in [0, 0.05) is 15.2 Å². The van der Waals surface area contributed by atoms with E-state index in [4.69, 9.17) is 11.6 Å². The molecule has 2 N–H and O–H groups in total. The van der Waals surface area contributed by atoms with Crippen molar-refractivity contribution in [2.24, 2.45) is 0 Å². The zero-order valence-corrected chi connectivity index (χ0v) is 14.9. The lowest BCUT2D eigenvalue weighted by Crippen LogP contribution is -2.34. The van der Waals surface area contributed by atoms with Gasteiger partial charge in [-0.1, -0.05) is 51.8 Å². The van der Waals surface area contributed by atoms with Gasteiger partial charge in [-0.25, -0.2) is 0 Å². The number of amides is 2. The Kier molecular flexibility index (Phi) is 6.19. The number of nitrogens with one attached hydrogen (secondary N) is 2. The highest BCUT2D eigenvalue weighted by molar-refractivity contribution is 9.10. The molecule has 2 rings (SSSR count). The van der Waals surface area contributed by atoms with Crippen LogP contribution in [0.2, 0.25) is 5.02 Å². The molecule has 0 heterocycles. The SMILES string of the molecule is Cc1ccc(Cl)cc1NC(=O)CNC(=O)Cc1ccccc1Br. The lowest BCUT2D eigenvalue weighted by Gasteiger charge is -2.10. The minimum Gasteiger partial charge on any atom is -0.347 e. The van der Waals surface area contributed by atoms with Crippen molar-refractivity contribution < 1.29 is 9.59 Å². The summed E-state index contributed by atoms with van der Waals surface area (Å²) in [6.45, 7) is 1.78. The molecule has 0 fully saturated rings. The number of aryl methyl sites for hydroxylation is 1. The van der Waals surface area contributed by atoms with Crippen LogP contribution in [0.25, 0.3) is 0 Å². The van der Waals surface area contributed by atoms with Gasteiger partial charge in [-0.15, -0.1) is 0 Å². The number of carbonyl (C=O) groups is 2. The standard InChI is InChI=1S/C17H16BrClN2O2/c1-11-6-7-13(19)9-15(11)21-17(23)10-20-16(22)8-12-4-2-3-5-14(12)18/h2-7,9H,8,10H2,1H3,(H,20,22)(H,21,23). The smallest absolute Gasteiger partial charge is 0.243 e. The molecule has 0 atom stereocenters. The summed E-state index contributed by atoms with van der Waals surface area (Å²) in [7, 11) is 0. The van der Waals surface area contributed by atoms with Crippen LogP contribution >= 0.6 is 27.5 Å². The number of anilines is 1. The number of halogens is 2. The van der Waals surface area contributed by atoms with Crippen LogP contribution in [0.4, 0.5) is 5.69 Å². The average molecular weight is 396 g/mol. The normalized spacial score (nSPS) is 10.2. The Morgan fingerprint density at radius 1 is 1.13 bits per heavy atom. The first-order chi connectivity index (χ1) is 11.0.